The Morgan fingerprint density at radius 1 is 0.485 bits per heavy atom. The van der Waals surface area contributed by atoms with E-state index in [1.807, 2.05) is 12.1 Å². The zero-order chi connectivity index (χ0) is 43.7. The summed E-state index contributed by atoms with van der Waals surface area (Å²) >= 11 is 0. The van der Waals surface area contributed by atoms with Crippen LogP contribution in [-0.2, 0) is 5.41 Å². The van der Waals surface area contributed by atoms with E-state index in [-0.39, 0.29) is 11.3 Å². The molecule has 1 atom stereocenters. The van der Waals surface area contributed by atoms with Crippen molar-refractivity contribution in [2.24, 2.45) is 0 Å². The van der Waals surface area contributed by atoms with Gasteiger partial charge in [-0.05, 0) is 130 Å². The molecule has 0 N–H and O–H groups in total. The van der Waals surface area contributed by atoms with Crippen LogP contribution in [0.4, 0.5) is 0 Å². The molecule has 2 aliphatic rings. The summed E-state index contributed by atoms with van der Waals surface area (Å²) in [4.78, 5) is 5.46. The van der Waals surface area contributed by atoms with Gasteiger partial charge < -0.3 is 13.4 Å². The predicted molar refractivity (Wildman–Crippen MR) is 273 cm³/mol. The SMILES string of the molecule is CC1(C)c2ccccc2-c2cc3c(cc21)c1cc(-c2ccc4oc5cccc(-c6cc(C7C=CC=CC7)cc(-c7ccc8c(c7)oc7ccccc78)n6)c5c4c2)ccc1n3-c1ccccc1. The van der Waals surface area contributed by atoms with Gasteiger partial charge in [0, 0.05) is 60.5 Å². The van der Waals surface area contributed by atoms with Gasteiger partial charge in [-0.25, -0.2) is 4.98 Å². The summed E-state index contributed by atoms with van der Waals surface area (Å²) in [5.41, 5.74) is 19.7. The van der Waals surface area contributed by atoms with Gasteiger partial charge in [-0.1, -0.05) is 129 Å². The molecule has 1 unspecified atom stereocenters. The maximum Gasteiger partial charge on any atom is 0.136 e. The van der Waals surface area contributed by atoms with Gasteiger partial charge in [0.2, 0.25) is 0 Å². The molecular formula is C62H42N2O2. The first kappa shape index (κ1) is 37.2. The van der Waals surface area contributed by atoms with Crippen LogP contribution in [-0.4, -0.2) is 9.55 Å². The lowest BCUT2D eigenvalue weighted by molar-refractivity contribution is 0.661. The molecule has 4 heterocycles. The number of fused-ring (bicyclic) bond motifs is 12. The molecule has 0 saturated carbocycles. The first-order chi connectivity index (χ1) is 32.4. The van der Waals surface area contributed by atoms with Crippen molar-refractivity contribution >= 4 is 65.7 Å². The number of rotatable bonds is 5. The number of pyridine rings is 1. The Labute approximate surface area is 381 Å². The van der Waals surface area contributed by atoms with Gasteiger partial charge in [-0.15, -0.1) is 0 Å². The highest BCUT2D eigenvalue weighted by Gasteiger charge is 2.36. The first-order valence-electron chi connectivity index (χ1n) is 23.0. The summed E-state index contributed by atoms with van der Waals surface area (Å²) < 4.78 is 15.4. The highest BCUT2D eigenvalue weighted by atomic mass is 16.3. The molecule has 0 saturated heterocycles. The van der Waals surface area contributed by atoms with Crippen molar-refractivity contribution in [3.05, 3.63) is 217 Å². The molecular weight excluding hydrogens is 805 g/mol. The second-order valence-corrected chi connectivity index (χ2v) is 18.6. The smallest absolute Gasteiger partial charge is 0.136 e. The fraction of sp³-hybridized carbons (Fsp3) is 0.0806. The van der Waals surface area contributed by atoms with Crippen LogP contribution in [0.15, 0.2) is 209 Å². The summed E-state index contributed by atoms with van der Waals surface area (Å²) in [7, 11) is 0. The lowest BCUT2D eigenvalue weighted by atomic mass is 9.82. The van der Waals surface area contributed by atoms with E-state index >= 15 is 0 Å². The second-order valence-electron chi connectivity index (χ2n) is 18.6. The van der Waals surface area contributed by atoms with E-state index in [0.29, 0.717) is 0 Å². The van der Waals surface area contributed by atoms with Gasteiger partial charge in [-0.2, -0.15) is 0 Å². The van der Waals surface area contributed by atoms with E-state index in [1.165, 1.54) is 49.6 Å². The van der Waals surface area contributed by atoms with Crippen LogP contribution in [0.3, 0.4) is 0 Å². The minimum atomic E-state index is -0.106. The topological polar surface area (TPSA) is 44.1 Å². The monoisotopic (exact) mass is 846 g/mol. The molecule has 2 aliphatic carbocycles. The van der Waals surface area contributed by atoms with Crippen molar-refractivity contribution in [1.29, 1.82) is 0 Å². The Morgan fingerprint density at radius 2 is 1.20 bits per heavy atom. The third-order valence-corrected chi connectivity index (χ3v) is 14.5. The second kappa shape index (κ2) is 13.9. The zero-order valence-electron chi connectivity index (χ0n) is 36.5. The van der Waals surface area contributed by atoms with Gasteiger partial charge >= 0.3 is 0 Å². The largest absolute Gasteiger partial charge is 0.456 e. The molecule has 0 spiro atoms. The van der Waals surface area contributed by atoms with Crippen LogP contribution < -0.4 is 0 Å². The van der Waals surface area contributed by atoms with Crippen molar-refractivity contribution in [3.63, 3.8) is 0 Å². The molecule has 66 heavy (non-hydrogen) atoms. The number of allylic oxidation sites excluding steroid dienone is 4. The van der Waals surface area contributed by atoms with Gasteiger partial charge in [-0.3, -0.25) is 0 Å². The van der Waals surface area contributed by atoms with E-state index < -0.39 is 0 Å². The molecule has 0 amide bonds. The van der Waals surface area contributed by atoms with Crippen LogP contribution in [0.2, 0.25) is 0 Å². The fourth-order valence-corrected chi connectivity index (χ4v) is 11.2. The average Bonchev–Trinajstić information content (AvgIpc) is 4.09. The average molecular weight is 847 g/mol. The number of furan rings is 2. The Hall–Kier alpha value is -8.21. The van der Waals surface area contributed by atoms with Gasteiger partial charge in [0.1, 0.15) is 22.3 Å². The predicted octanol–water partition coefficient (Wildman–Crippen LogP) is 16.9. The molecule has 0 bridgehead atoms. The normalized spacial score (nSPS) is 15.2. The van der Waals surface area contributed by atoms with Crippen LogP contribution in [0.5, 0.6) is 0 Å². The van der Waals surface area contributed by atoms with Gasteiger partial charge in [0.15, 0.2) is 0 Å². The van der Waals surface area contributed by atoms with E-state index in [2.05, 4.69) is 207 Å². The number of aromatic nitrogens is 2. The third-order valence-electron chi connectivity index (χ3n) is 14.5. The molecule has 0 aliphatic heterocycles. The Morgan fingerprint density at radius 3 is 2.09 bits per heavy atom. The number of nitrogens with zero attached hydrogens (tertiary/aromatic N) is 2. The van der Waals surface area contributed by atoms with Crippen molar-refractivity contribution in [3.8, 4) is 50.5 Å². The van der Waals surface area contributed by atoms with Gasteiger partial charge in [0.25, 0.3) is 0 Å². The molecule has 4 heteroatoms. The fourth-order valence-electron chi connectivity index (χ4n) is 11.2. The standard InChI is InChI=1S/C62H42N2O2/c1-62(2)51-21-11-9-18-43(51)47-36-56-49(35-52(47)62)48-30-38(25-28-55(48)64(56)42-16-7-4-8-17-42)39-26-29-58-50(31-39)61-46(20-13-23-59(61)65-58)54-33-41(37-14-5-3-6-15-37)32-53(63-54)40-24-27-45-44-19-10-12-22-57(44)66-60(45)34-40/h3-14,16-37H,15H2,1-2H3. The van der Waals surface area contributed by atoms with Crippen LogP contribution in [0.1, 0.15) is 42.9 Å². The molecule has 0 radical (unpaired) electrons. The van der Waals surface area contributed by atoms with E-state index in [1.54, 1.807) is 0 Å². The summed E-state index contributed by atoms with van der Waals surface area (Å²) in [6, 6.07) is 63.8. The molecule has 4 nitrogen and oxygen atoms in total. The molecule has 4 aromatic heterocycles. The van der Waals surface area contributed by atoms with E-state index in [0.717, 1.165) is 89.6 Å². The first-order valence-corrected chi connectivity index (χ1v) is 23.0. The van der Waals surface area contributed by atoms with Crippen molar-refractivity contribution < 1.29 is 8.83 Å². The van der Waals surface area contributed by atoms with Crippen molar-refractivity contribution in [2.75, 3.05) is 0 Å². The lowest BCUT2D eigenvalue weighted by Gasteiger charge is -2.21. The quantitative estimate of drug-likeness (QED) is 0.173. The zero-order valence-corrected chi connectivity index (χ0v) is 36.5. The third kappa shape index (κ3) is 5.48. The van der Waals surface area contributed by atoms with Crippen molar-refractivity contribution in [1.82, 2.24) is 9.55 Å². The summed E-state index contributed by atoms with van der Waals surface area (Å²) in [5.74, 6) is 0.238. The number of hydrogen-bond acceptors (Lipinski definition) is 3. The molecule has 0 fully saturated rings. The lowest BCUT2D eigenvalue weighted by Crippen LogP contribution is -2.14. The number of benzene rings is 8. The highest BCUT2D eigenvalue weighted by molar-refractivity contribution is 6.15. The summed E-state index contributed by atoms with van der Waals surface area (Å²) in [6.45, 7) is 4.73. The summed E-state index contributed by atoms with van der Waals surface area (Å²) in [6.07, 6.45) is 9.78. The number of para-hydroxylation sites is 2. The highest BCUT2D eigenvalue weighted by Crippen LogP contribution is 2.51. The van der Waals surface area contributed by atoms with Crippen LogP contribution in [0.25, 0.3) is 116 Å². The molecule has 12 aromatic rings. The van der Waals surface area contributed by atoms with Crippen molar-refractivity contribution in [2.45, 2.75) is 31.6 Å². The van der Waals surface area contributed by atoms with E-state index in [4.69, 9.17) is 13.8 Å². The van der Waals surface area contributed by atoms with Crippen LogP contribution in [0, 0.1) is 0 Å². The Kier molecular flexibility index (Phi) is 7.83. The minimum Gasteiger partial charge on any atom is -0.456 e. The van der Waals surface area contributed by atoms with Gasteiger partial charge in [0.05, 0.1) is 22.4 Å². The Balaban J connectivity index is 0.941. The minimum absolute atomic E-state index is 0.106. The maximum absolute atomic E-state index is 6.65. The Bertz CT molecular complexity index is 4060. The molecule has 8 aromatic carbocycles. The maximum atomic E-state index is 6.65. The summed E-state index contributed by atoms with van der Waals surface area (Å²) in [5, 5.41) is 6.86. The number of hydrogen-bond donors (Lipinski definition) is 0. The van der Waals surface area contributed by atoms with Crippen LogP contribution >= 0.6 is 0 Å². The molecule has 14 rings (SSSR count). The molecule has 312 valence electrons. The van der Waals surface area contributed by atoms with E-state index in [9.17, 15) is 0 Å².